The van der Waals surface area contributed by atoms with E-state index in [1.54, 1.807) is 29.9 Å². The zero-order valence-electron chi connectivity index (χ0n) is 14.0. The predicted octanol–water partition coefficient (Wildman–Crippen LogP) is 1.99. The molecule has 1 fully saturated rings. The van der Waals surface area contributed by atoms with Crippen LogP contribution in [-0.2, 0) is 23.8 Å². The number of urea groups is 1. The first-order chi connectivity index (χ1) is 12.0. The Kier molecular flexibility index (Phi) is 3.49. The number of fused-ring (bicyclic) bond motifs is 2. The number of nitrogens with one attached hydrogen (secondary N) is 1. The third kappa shape index (κ3) is 2.28. The van der Waals surface area contributed by atoms with Crippen LogP contribution < -0.4 is 5.32 Å². The summed E-state index contributed by atoms with van der Waals surface area (Å²) >= 11 is 0. The maximum Gasteiger partial charge on any atom is 0.325 e. The van der Waals surface area contributed by atoms with Crippen molar-refractivity contribution < 1.29 is 14.4 Å². The van der Waals surface area contributed by atoms with E-state index in [1.165, 1.54) is 0 Å². The first-order valence-electron chi connectivity index (χ1n) is 8.40. The van der Waals surface area contributed by atoms with Crippen LogP contribution in [0.25, 0.3) is 0 Å². The fourth-order valence-corrected chi connectivity index (χ4v) is 3.93. The lowest BCUT2D eigenvalue weighted by molar-refractivity contribution is -0.131. The van der Waals surface area contributed by atoms with Crippen molar-refractivity contribution in [2.75, 3.05) is 6.54 Å². The normalized spacial score (nSPS) is 22.2. The number of imide groups is 1. The number of benzene rings is 1. The number of carbonyl (C=O) groups is 3. The molecule has 1 atom stereocenters. The second-order valence-electron chi connectivity index (χ2n) is 6.66. The van der Waals surface area contributed by atoms with Crippen LogP contribution in [0.4, 0.5) is 4.79 Å². The molecule has 2 aliphatic rings. The van der Waals surface area contributed by atoms with E-state index in [0.717, 1.165) is 28.9 Å². The Hall–Kier alpha value is -2.89. The average Bonchev–Trinajstić information content (AvgIpc) is 3.13. The summed E-state index contributed by atoms with van der Waals surface area (Å²) in [6, 6.07) is 10.7. The maximum atomic E-state index is 13.1. The van der Waals surface area contributed by atoms with Crippen molar-refractivity contribution in [3.05, 3.63) is 59.4 Å². The molecule has 0 saturated carbocycles. The molecule has 1 N–H and O–H groups in total. The fourth-order valence-electron chi connectivity index (χ4n) is 3.93. The highest BCUT2D eigenvalue weighted by molar-refractivity contribution is 6.11. The van der Waals surface area contributed by atoms with Gasteiger partial charge in [0, 0.05) is 13.2 Å². The highest BCUT2D eigenvalue weighted by Gasteiger charge is 2.54. The van der Waals surface area contributed by atoms with Crippen molar-refractivity contribution >= 4 is 17.7 Å². The summed E-state index contributed by atoms with van der Waals surface area (Å²) in [5, 5.41) is 2.87. The van der Waals surface area contributed by atoms with Gasteiger partial charge in [-0.15, -0.1) is 0 Å². The minimum Gasteiger partial charge on any atom is -0.348 e. The Morgan fingerprint density at radius 3 is 2.76 bits per heavy atom. The number of rotatable bonds is 3. The SMILES string of the molecule is Cn1cccc1C(=O)CN1C(=O)N[C@]2(CCCc3ccccc32)C1=O. The van der Waals surface area contributed by atoms with Crippen LogP contribution in [0.2, 0.25) is 0 Å². The molecule has 1 aromatic carbocycles. The molecule has 1 aliphatic carbocycles. The standard InChI is InChI=1S/C19H19N3O3/c1-21-11-5-9-15(21)16(23)12-22-17(24)19(20-18(22)25)10-4-7-13-6-2-3-8-14(13)19/h2-3,5-6,8-9,11H,4,7,10,12H2,1H3,(H,20,25)/t19-/m0/s1. The second kappa shape index (κ2) is 5.58. The van der Waals surface area contributed by atoms with Gasteiger partial charge in [0.25, 0.3) is 5.91 Å². The van der Waals surface area contributed by atoms with Crippen LogP contribution in [0.15, 0.2) is 42.6 Å². The Balaban J connectivity index is 1.66. The number of Topliss-reactive ketones (excluding diaryl/α,β-unsaturated/α-hetero) is 1. The number of hydrogen-bond acceptors (Lipinski definition) is 3. The quantitative estimate of drug-likeness (QED) is 0.688. The molecular weight excluding hydrogens is 318 g/mol. The summed E-state index contributed by atoms with van der Waals surface area (Å²) in [5.41, 5.74) is 1.39. The number of amides is 3. The molecule has 25 heavy (non-hydrogen) atoms. The van der Waals surface area contributed by atoms with Gasteiger partial charge in [-0.1, -0.05) is 24.3 Å². The average molecular weight is 337 g/mol. The molecule has 2 aromatic rings. The minimum absolute atomic E-state index is 0.244. The lowest BCUT2D eigenvalue weighted by Gasteiger charge is -2.33. The van der Waals surface area contributed by atoms with Crippen molar-refractivity contribution in [2.24, 2.45) is 7.05 Å². The molecule has 128 valence electrons. The van der Waals surface area contributed by atoms with E-state index >= 15 is 0 Å². The van der Waals surface area contributed by atoms with Gasteiger partial charge in [0.2, 0.25) is 0 Å². The topological polar surface area (TPSA) is 71.4 Å². The maximum absolute atomic E-state index is 13.1. The van der Waals surface area contributed by atoms with Gasteiger partial charge in [0.15, 0.2) is 5.78 Å². The molecule has 1 spiro atoms. The number of ketones is 1. The van der Waals surface area contributed by atoms with E-state index in [-0.39, 0.29) is 18.2 Å². The summed E-state index contributed by atoms with van der Waals surface area (Å²) in [5.74, 6) is -0.579. The van der Waals surface area contributed by atoms with E-state index in [2.05, 4.69) is 5.32 Å². The van der Waals surface area contributed by atoms with Gasteiger partial charge >= 0.3 is 6.03 Å². The molecule has 3 amide bonds. The molecule has 2 heterocycles. The third-order valence-electron chi connectivity index (χ3n) is 5.18. The summed E-state index contributed by atoms with van der Waals surface area (Å²) in [6.45, 7) is -0.244. The van der Waals surface area contributed by atoms with Crippen molar-refractivity contribution in [1.82, 2.24) is 14.8 Å². The van der Waals surface area contributed by atoms with Gasteiger partial charge in [0.05, 0.1) is 12.2 Å². The van der Waals surface area contributed by atoms with Crippen LogP contribution >= 0.6 is 0 Å². The molecule has 1 aromatic heterocycles. The van der Waals surface area contributed by atoms with E-state index in [9.17, 15) is 14.4 Å². The summed E-state index contributed by atoms with van der Waals surface area (Å²) < 4.78 is 1.69. The van der Waals surface area contributed by atoms with Crippen LogP contribution in [0.3, 0.4) is 0 Å². The lowest BCUT2D eigenvalue weighted by Crippen LogP contribution is -2.46. The smallest absolute Gasteiger partial charge is 0.325 e. The first kappa shape index (κ1) is 15.6. The van der Waals surface area contributed by atoms with Gasteiger partial charge in [-0.25, -0.2) is 4.79 Å². The number of carbonyl (C=O) groups excluding carboxylic acids is 3. The molecule has 6 nitrogen and oxygen atoms in total. The van der Waals surface area contributed by atoms with E-state index in [0.29, 0.717) is 12.1 Å². The van der Waals surface area contributed by atoms with Crippen molar-refractivity contribution in [1.29, 1.82) is 0 Å². The zero-order valence-corrected chi connectivity index (χ0v) is 14.0. The summed E-state index contributed by atoms with van der Waals surface area (Å²) in [6.07, 6.45) is 4.04. The Morgan fingerprint density at radius 1 is 1.20 bits per heavy atom. The van der Waals surface area contributed by atoms with Crippen molar-refractivity contribution in [3.8, 4) is 0 Å². The van der Waals surface area contributed by atoms with Gasteiger partial charge in [-0.05, 0) is 42.5 Å². The Bertz CT molecular complexity index is 886. The van der Waals surface area contributed by atoms with Gasteiger partial charge in [-0.3, -0.25) is 14.5 Å². The molecule has 0 unspecified atom stereocenters. The lowest BCUT2D eigenvalue weighted by atomic mass is 9.76. The fraction of sp³-hybridized carbons (Fsp3) is 0.316. The van der Waals surface area contributed by atoms with Crippen LogP contribution in [0.5, 0.6) is 0 Å². The molecule has 1 aliphatic heterocycles. The highest BCUT2D eigenvalue weighted by atomic mass is 16.2. The second-order valence-corrected chi connectivity index (χ2v) is 6.66. The largest absolute Gasteiger partial charge is 0.348 e. The third-order valence-corrected chi connectivity index (χ3v) is 5.18. The van der Waals surface area contributed by atoms with Gasteiger partial charge in [0.1, 0.15) is 5.54 Å². The molecule has 6 heteroatoms. The highest BCUT2D eigenvalue weighted by Crippen LogP contribution is 2.39. The van der Waals surface area contributed by atoms with E-state index in [1.807, 2.05) is 24.3 Å². The van der Waals surface area contributed by atoms with E-state index in [4.69, 9.17) is 0 Å². The Morgan fingerprint density at radius 2 is 2.00 bits per heavy atom. The number of nitrogens with zero attached hydrogens (tertiary/aromatic N) is 2. The zero-order chi connectivity index (χ0) is 17.6. The van der Waals surface area contributed by atoms with Gasteiger partial charge in [-0.2, -0.15) is 0 Å². The molecule has 0 bridgehead atoms. The monoisotopic (exact) mass is 337 g/mol. The van der Waals surface area contributed by atoms with Crippen molar-refractivity contribution in [2.45, 2.75) is 24.8 Å². The van der Waals surface area contributed by atoms with E-state index < -0.39 is 11.6 Å². The molecular formula is C19H19N3O3. The van der Waals surface area contributed by atoms with Gasteiger partial charge < -0.3 is 9.88 Å². The number of hydrogen-bond donors (Lipinski definition) is 1. The van der Waals surface area contributed by atoms with Crippen LogP contribution in [0.1, 0.15) is 34.5 Å². The molecule has 1 saturated heterocycles. The van der Waals surface area contributed by atoms with Crippen LogP contribution in [-0.4, -0.2) is 33.7 Å². The summed E-state index contributed by atoms with van der Waals surface area (Å²) in [7, 11) is 1.76. The molecule has 4 rings (SSSR count). The minimum atomic E-state index is -1.03. The first-order valence-corrected chi connectivity index (χ1v) is 8.40. The molecule has 0 radical (unpaired) electrons. The van der Waals surface area contributed by atoms with Crippen molar-refractivity contribution in [3.63, 3.8) is 0 Å². The van der Waals surface area contributed by atoms with Crippen LogP contribution in [0, 0.1) is 0 Å². The predicted molar refractivity (Wildman–Crippen MR) is 91.0 cm³/mol. The Labute approximate surface area is 145 Å². The number of aryl methyl sites for hydroxylation is 2. The summed E-state index contributed by atoms with van der Waals surface area (Å²) in [4.78, 5) is 39.2. The number of aromatic nitrogens is 1.